The highest BCUT2D eigenvalue weighted by atomic mass is 16.2. The van der Waals surface area contributed by atoms with Gasteiger partial charge in [0.15, 0.2) is 0 Å². The summed E-state index contributed by atoms with van der Waals surface area (Å²) in [7, 11) is 1.88. The molecule has 0 unspecified atom stereocenters. The standard InChI is InChI=1S/C17H22N4O2/c1-12(17(23)21-9-5-6-10-21)20(2)11-15-18-14-8-4-3-7-13(14)16(22)19-15/h3-4,7-8,12H,5-6,9-11H2,1-2H3,(H,18,19,22)/t12-/m0/s1. The highest BCUT2D eigenvalue weighted by Gasteiger charge is 2.26. The summed E-state index contributed by atoms with van der Waals surface area (Å²) in [5.41, 5.74) is 0.538. The average Bonchev–Trinajstić information content (AvgIpc) is 3.08. The first-order chi connectivity index (χ1) is 11.1. The van der Waals surface area contributed by atoms with E-state index < -0.39 is 0 Å². The van der Waals surface area contributed by atoms with Gasteiger partial charge >= 0.3 is 0 Å². The van der Waals surface area contributed by atoms with Gasteiger partial charge in [-0.15, -0.1) is 0 Å². The Morgan fingerprint density at radius 2 is 2.04 bits per heavy atom. The number of carbonyl (C=O) groups is 1. The van der Waals surface area contributed by atoms with Crippen molar-refractivity contribution in [2.24, 2.45) is 0 Å². The van der Waals surface area contributed by atoms with E-state index in [4.69, 9.17) is 0 Å². The lowest BCUT2D eigenvalue weighted by Crippen LogP contribution is -2.44. The molecule has 1 saturated heterocycles. The van der Waals surface area contributed by atoms with Gasteiger partial charge in [-0.05, 0) is 38.9 Å². The molecule has 1 atom stereocenters. The van der Waals surface area contributed by atoms with Crippen LogP contribution >= 0.6 is 0 Å². The highest BCUT2D eigenvalue weighted by Crippen LogP contribution is 2.13. The van der Waals surface area contributed by atoms with Crippen LogP contribution < -0.4 is 5.56 Å². The molecule has 6 nitrogen and oxygen atoms in total. The quantitative estimate of drug-likeness (QED) is 0.925. The normalized spacial score (nSPS) is 16.2. The molecule has 0 aliphatic carbocycles. The minimum absolute atomic E-state index is 0.141. The number of hydrogen-bond donors (Lipinski definition) is 1. The number of likely N-dealkylation sites (tertiary alicyclic amines) is 1. The maximum absolute atomic E-state index is 12.4. The van der Waals surface area contributed by atoms with E-state index in [1.165, 1.54) is 0 Å². The van der Waals surface area contributed by atoms with Crippen LogP contribution in [0.1, 0.15) is 25.6 Å². The van der Waals surface area contributed by atoms with Gasteiger partial charge in [-0.25, -0.2) is 4.98 Å². The molecule has 0 spiro atoms. The maximum Gasteiger partial charge on any atom is 0.258 e. The molecular weight excluding hydrogens is 292 g/mol. The summed E-state index contributed by atoms with van der Waals surface area (Å²) >= 11 is 0. The Labute approximate surface area is 135 Å². The number of benzene rings is 1. The van der Waals surface area contributed by atoms with Crippen molar-refractivity contribution in [3.63, 3.8) is 0 Å². The van der Waals surface area contributed by atoms with E-state index in [1.807, 2.05) is 42.0 Å². The molecule has 2 aromatic rings. The van der Waals surface area contributed by atoms with Crippen molar-refractivity contribution in [3.8, 4) is 0 Å². The van der Waals surface area contributed by atoms with E-state index in [1.54, 1.807) is 6.07 Å². The van der Waals surface area contributed by atoms with Crippen molar-refractivity contribution in [3.05, 3.63) is 40.4 Å². The summed E-state index contributed by atoms with van der Waals surface area (Å²) in [6.45, 7) is 4.03. The fourth-order valence-corrected chi connectivity index (χ4v) is 2.97. The molecule has 122 valence electrons. The molecule has 23 heavy (non-hydrogen) atoms. The van der Waals surface area contributed by atoms with Crippen LogP contribution in [-0.2, 0) is 11.3 Å². The number of aromatic nitrogens is 2. The topological polar surface area (TPSA) is 69.3 Å². The Morgan fingerprint density at radius 1 is 1.35 bits per heavy atom. The summed E-state index contributed by atoms with van der Waals surface area (Å²) < 4.78 is 0. The minimum atomic E-state index is -0.232. The zero-order valence-corrected chi connectivity index (χ0v) is 13.6. The summed E-state index contributed by atoms with van der Waals surface area (Å²) in [6, 6.07) is 7.04. The number of carbonyl (C=O) groups excluding carboxylic acids is 1. The van der Waals surface area contributed by atoms with Crippen LogP contribution in [0, 0.1) is 0 Å². The number of fused-ring (bicyclic) bond motifs is 1. The van der Waals surface area contributed by atoms with Gasteiger partial charge in [0.2, 0.25) is 5.91 Å². The molecule has 1 aromatic heterocycles. The fraction of sp³-hybridized carbons (Fsp3) is 0.471. The van der Waals surface area contributed by atoms with E-state index in [2.05, 4.69) is 9.97 Å². The summed E-state index contributed by atoms with van der Waals surface area (Å²) in [5.74, 6) is 0.727. The smallest absolute Gasteiger partial charge is 0.258 e. The summed E-state index contributed by atoms with van der Waals surface area (Å²) in [4.78, 5) is 35.7. The number of hydrogen-bond acceptors (Lipinski definition) is 4. The first-order valence-corrected chi connectivity index (χ1v) is 8.03. The van der Waals surface area contributed by atoms with E-state index in [-0.39, 0.29) is 17.5 Å². The monoisotopic (exact) mass is 314 g/mol. The number of amides is 1. The molecule has 1 N–H and O–H groups in total. The molecule has 0 bridgehead atoms. The second kappa shape index (κ2) is 6.50. The summed E-state index contributed by atoms with van der Waals surface area (Å²) in [6.07, 6.45) is 2.17. The Hall–Kier alpha value is -2.21. The molecule has 1 aromatic carbocycles. The van der Waals surface area contributed by atoms with Crippen molar-refractivity contribution in [2.75, 3.05) is 20.1 Å². The van der Waals surface area contributed by atoms with Crippen molar-refractivity contribution in [1.29, 1.82) is 0 Å². The third-order valence-corrected chi connectivity index (χ3v) is 4.50. The Balaban J connectivity index is 1.75. The predicted molar refractivity (Wildman–Crippen MR) is 89.1 cm³/mol. The molecular formula is C17H22N4O2. The lowest BCUT2D eigenvalue weighted by molar-refractivity contribution is -0.135. The highest BCUT2D eigenvalue weighted by molar-refractivity contribution is 5.81. The largest absolute Gasteiger partial charge is 0.341 e. The first kappa shape index (κ1) is 15.7. The van der Waals surface area contributed by atoms with Gasteiger partial charge in [-0.2, -0.15) is 0 Å². The van der Waals surface area contributed by atoms with Crippen molar-refractivity contribution in [2.45, 2.75) is 32.4 Å². The number of nitrogens with zero attached hydrogens (tertiary/aromatic N) is 3. The number of likely N-dealkylation sites (N-methyl/N-ethyl adjacent to an activating group) is 1. The van der Waals surface area contributed by atoms with E-state index in [0.29, 0.717) is 23.3 Å². The van der Waals surface area contributed by atoms with Gasteiger partial charge in [0.1, 0.15) is 5.82 Å². The molecule has 1 amide bonds. The number of aromatic amines is 1. The molecule has 1 fully saturated rings. The second-order valence-corrected chi connectivity index (χ2v) is 6.15. The third-order valence-electron chi connectivity index (χ3n) is 4.50. The van der Waals surface area contributed by atoms with Crippen LogP contribution in [0.5, 0.6) is 0 Å². The zero-order valence-electron chi connectivity index (χ0n) is 13.6. The SMILES string of the molecule is C[C@@H](C(=O)N1CCCC1)N(C)Cc1nc2ccccc2c(=O)[nH]1. The Bertz CT molecular complexity index is 765. The zero-order chi connectivity index (χ0) is 16.4. The van der Waals surface area contributed by atoms with Gasteiger partial charge in [-0.3, -0.25) is 14.5 Å². The molecule has 0 saturated carbocycles. The van der Waals surface area contributed by atoms with E-state index in [9.17, 15) is 9.59 Å². The van der Waals surface area contributed by atoms with Gasteiger partial charge < -0.3 is 9.88 Å². The van der Waals surface area contributed by atoms with Crippen molar-refractivity contribution < 1.29 is 4.79 Å². The molecule has 3 rings (SSSR count). The second-order valence-electron chi connectivity index (χ2n) is 6.15. The van der Waals surface area contributed by atoms with Crippen LogP contribution in [0.25, 0.3) is 10.9 Å². The number of H-pyrrole nitrogens is 1. The van der Waals surface area contributed by atoms with Crippen LogP contribution in [0.2, 0.25) is 0 Å². The average molecular weight is 314 g/mol. The number of para-hydroxylation sites is 1. The van der Waals surface area contributed by atoms with Crippen molar-refractivity contribution >= 4 is 16.8 Å². The van der Waals surface area contributed by atoms with Gasteiger partial charge in [0.05, 0.1) is 23.5 Å². The van der Waals surface area contributed by atoms with Gasteiger partial charge in [0.25, 0.3) is 5.56 Å². The van der Waals surface area contributed by atoms with Gasteiger partial charge in [-0.1, -0.05) is 12.1 Å². The van der Waals surface area contributed by atoms with Crippen LogP contribution in [0.3, 0.4) is 0 Å². The van der Waals surface area contributed by atoms with Gasteiger partial charge in [0, 0.05) is 13.1 Å². The number of rotatable bonds is 4. The minimum Gasteiger partial charge on any atom is -0.341 e. The van der Waals surface area contributed by atoms with Crippen LogP contribution in [0.15, 0.2) is 29.1 Å². The predicted octanol–water partition coefficient (Wildman–Crippen LogP) is 1.37. The fourth-order valence-electron chi connectivity index (χ4n) is 2.97. The summed E-state index contributed by atoms with van der Waals surface area (Å²) in [5, 5.41) is 0.583. The van der Waals surface area contributed by atoms with E-state index >= 15 is 0 Å². The molecule has 1 aliphatic heterocycles. The molecule has 1 aliphatic rings. The molecule has 2 heterocycles. The Kier molecular flexibility index (Phi) is 4.43. The molecule has 0 radical (unpaired) electrons. The van der Waals surface area contributed by atoms with Crippen LogP contribution in [0.4, 0.5) is 0 Å². The van der Waals surface area contributed by atoms with Crippen LogP contribution in [-0.4, -0.2) is 51.9 Å². The maximum atomic E-state index is 12.4. The van der Waals surface area contributed by atoms with Crippen molar-refractivity contribution in [1.82, 2.24) is 19.8 Å². The lowest BCUT2D eigenvalue weighted by Gasteiger charge is -2.27. The molecule has 6 heteroatoms. The lowest BCUT2D eigenvalue weighted by atomic mass is 10.2. The number of nitrogens with one attached hydrogen (secondary N) is 1. The first-order valence-electron chi connectivity index (χ1n) is 8.03. The van der Waals surface area contributed by atoms with E-state index in [0.717, 1.165) is 25.9 Å². The third kappa shape index (κ3) is 3.27. The Morgan fingerprint density at radius 3 is 2.78 bits per heavy atom.